The Kier molecular flexibility index (Phi) is 5.24. The number of pyridine rings is 1. The maximum absolute atomic E-state index is 4.71. The van der Waals surface area contributed by atoms with E-state index in [0.717, 1.165) is 37.6 Å². The van der Waals surface area contributed by atoms with Crippen molar-refractivity contribution in [3.63, 3.8) is 0 Å². The van der Waals surface area contributed by atoms with Gasteiger partial charge in [-0.05, 0) is 43.7 Å². The minimum atomic E-state index is 0.397. The largest absolute Gasteiger partial charge is 0.365 e. The van der Waals surface area contributed by atoms with Crippen LogP contribution in [0.3, 0.4) is 0 Å². The Bertz CT molecular complexity index is 1170. The van der Waals surface area contributed by atoms with Crippen LogP contribution in [0.2, 0.25) is 0 Å². The lowest BCUT2D eigenvalue weighted by Crippen LogP contribution is -2.52. The number of rotatable bonds is 4. The number of nitrogens with zero attached hydrogens (tertiary/aromatic N) is 5. The van der Waals surface area contributed by atoms with Crippen LogP contribution in [0.4, 0.5) is 11.5 Å². The number of aromatic nitrogens is 3. The minimum Gasteiger partial charge on any atom is -0.365 e. The number of hydrogen-bond donors (Lipinski definition) is 0. The molecule has 0 N–H and O–H groups in total. The molecule has 1 saturated heterocycles. The van der Waals surface area contributed by atoms with Crippen LogP contribution in [0.15, 0.2) is 73.1 Å². The maximum atomic E-state index is 4.71. The Labute approximate surface area is 183 Å². The normalized spacial score (nSPS) is 16.6. The van der Waals surface area contributed by atoms with Crippen LogP contribution in [0, 0.1) is 6.92 Å². The van der Waals surface area contributed by atoms with E-state index in [4.69, 9.17) is 5.10 Å². The Balaban J connectivity index is 1.42. The van der Waals surface area contributed by atoms with E-state index in [1.807, 2.05) is 24.5 Å². The molecule has 31 heavy (non-hydrogen) atoms. The SMILES string of the molecule is Cc1ccc(N2CCN(c3nnc(Cc4ccncc4)c4ccccc34)C[C@H]2C)cc1. The molecule has 0 radical (unpaired) electrons. The summed E-state index contributed by atoms with van der Waals surface area (Å²) >= 11 is 0. The summed E-state index contributed by atoms with van der Waals surface area (Å²) in [7, 11) is 0. The van der Waals surface area contributed by atoms with Crippen molar-refractivity contribution in [2.45, 2.75) is 26.3 Å². The van der Waals surface area contributed by atoms with Crippen molar-refractivity contribution in [2.75, 3.05) is 29.4 Å². The molecule has 1 aliphatic rings. The minimum absolute atomic E-state index is 0.397. The van der Waals surface area contributed by atoms with Crippen molar-refractivity contribution in [2.24, 2.45) is 0 Å². The highest BCUT2D eigenvalue weighted by molar-refractivity contribution is 5.93. The zero-order chi connectivity index (χ0) is 21.2. The van der Waals surface area contributed by atoms with Crippen LogP contribution in [-0.4, -0.2) is 40.9 Å². The average Bonchev–Trinajstić information content (AvgIpc) is 2.81. The highest BCUT2D eigenvalue weighted by atomic mass is 15.3. The van der Waals surface area contributed by atoms with Gasteiger partial charge in [-0.2, -0.15) is 5.10 Å². The standard InChI is InChI=1S/C26H27N5/c1-19-7-9-22(10-8-19)31-16-15-30(18-20(31)2)26-24-6-4-3-5-23(24)25(28-29-26)17-21-11-13-27-14-12-21/h3-14,20H,15-18H2,1-2H3/t20-/m1/s1. The molecular weight excluding hydrogens is 382 g/mol. The molecule has 0 spiro atoms. The van der Waals surface area contributed by atoms with E-state index in [-0.39, 0.29) is 0 Å². The topological polar surface area (TPSA) is 45.2 Å². The van der Waals surface area contributed by atoms with E-state index < -0.39 is 0 Å². The van der Waals surface area contributed by atoms with Gasteiger partial charge in [0.2, 0.25) is 0 Å². The van der Waals surface area contributed by atoms with Gasteiger partial charge in [0.1, 0.15) is 0 Å². The van der Waals surface area contributed by atoms with Crippen LogP contribution in [0.5, 0.6) is 0 Å². The Morgan fingerprint density at radius 2 is 1.61 bits per heavy atom. The van der Waals surface area contributed by atoms with Gasteiger partial charge in [0.25, 0.3) is 0 Å². The molecule has 0 bridgehead atoms. The van der Waals surface area contributed by atoms with Gasteiger partial charge in [-0.1, -0.05) is 42.0 Å². The van der Waals surface area contributed by atoms with E-state index in [1.54, 1.807) is 0 Å². The summed E-state index contributed by atoms with van der Waals surface area (Å²) in [6, 6.07) is 21.8. The molecule has 0 aliphatic carbocycles. The third-order valence-electron chi connectivity index (χ3n) is 6.16. The summed E-state index contributed by atoms with van der Waals surface area (Å²) in [6.07, 6.45) is 4.41. The average molecular weight is 410 g/mol. The van der Waals surface area contributed by atoms with Crippen LogP contribution in [0.25, 0.3) is 10.8 Å². The quantitative estimate of drug-likeness (QED) is 0.491. The van der Waals surface area contributed by atoms with E-state index in [1.165, 1.54) is 27.6 Å². The molecule has 1 aliphatic heterocycles. The van der Waals surface area contributed by atoms with Gasteiger partial charge in [-0.25, -0.2) is 0 Å². The van der Waals surface area contributed by atoms with Crippen molar-refractivity contribution in [1.29, 1.82) is 0 Å². The number of benzene rings is 2. The number of fused-ring (bicyclic) bond motifs is 1. The molecule has 1 atom stereocenters. The van der Waals surface area contributed by atoms with E-state index in [2.05, 4.69) is 82.3 Å². The fourth-order valence-electron chi connectivity index (χ4n) is 4.47. The molecule has 2 aromatic heterocycles. The van der Waals surface area contributed by atoms with E-state index >= 15 is 0 Å². The monoisotopic (exact) mass is 409 g/mol. The lowest BCUT2D eigenvalue weighted by molar-refractivity contribution is 0.546. The van der Waals surface area contributed by atoms with Crippen molar-refractivity contribution in [3.05, 3.63) is 89.9 Å². The first-order valence-corrected chi connectivity index (χ1v) is 10.9. The molecule has 1 fully saturated rings. The highest BCUT2D eigenvalue weighted by Crippen LogP contribution is 2.30. The number of anilines is 2. The molecule has 5 nitrogen and oxygen atoms in total. The zero-order valence-electron chi connectivity index (χ0n) is 18.1. The van der Waals surface area contributed by atoms with Crippen molar-refractivity contribution in [1.82, 2.24) is 15.2 Å². The van der Waals surface area contributed by atoms with Crippen molar-refractivity contribution >= 4 is 22.3 Å². The third kappa shape index (κ3) is 3.96. The third-order valence-corrected chi connectivity index (χ3v) is 6.16. The van der Waals surface area contributed by atoms with E-state index in [9.17, 15) is 0 Å². The Morgan fingerprint density at radius 1 is 0.871 bits per heavy atom. The predicted molar refractivity (Wildman–Crippen MR) is 127 cm³/mol. The molecule has 3 heterocycles. The molecule has 2 aromatic carbocycles. The molecule has 0 saturated carbocycles. The first-order valence-electron chi connectivity index (χ1n) is 10.9. The second-order valence-electron chi connectivity index (χ2n) is 8.37. The first kappa shape index (κ1) is 19.5. The Morgan fingerprint density at radius 3 is 2.35 bits per heavy atom. The summed E-state index contributed by atoms with van der Waals surface area (Å²) in [4.78, 5) is 9.00. The summed E-state index contributed by atoms with van der Waals surface area (Å²) in [6.45, 7) is 7.25. The smallest absolute Gasteiger partial charge is 0.159 e. The molecule has 156 valence electrons. The predicted octanol–water partition coefficient (Wildman–Crippen LogP) is 4.64. The highest BCUT2D eigenvalue weighted by Gasteiger charge is 2.26. The van der Waals surface area contributed by atoms with Gasteiger partial charge in [0.15, 0.2) is 5.82 Å². The first-order chi connectivity index (χ1) is 15.2. The lowest BCUT2D eigenvalue weighted by atomic mass is 10.0. The molecule has 0 amide bonds. The molecule has 5 heteroatoms. The second-order valence-corrected chi connectivity index (χ2v) is 8.37. The summed E-state index contributed by atoms with van der Waals surface area (Å²) in [5, 5.41) is 11.7. The van der Waals surface area contributed by atoms with Crippen molar-refractivity contribution < 1.29 is 0 Å². The molecule has 4 aromatic rings. The molecular formula is C26H27N5. The fraction of sp³-hybridized carbons (Fsp3) is 0.269. The van der Waals surface area contributed by atoms with Crippen LogP contribution in [0.1, 0.15) is 23.7 Å². The summed E-state index contributed by atoms with van der Waals surface area (Å²) in [5.74, 6) is 0.990. The zero-order valence-corrected chi connectivity index (χ0v) is 18.1. The van der Waals surface area contributed by atoms with Gasteiger partial charge in [-0.3, -0.25) is 4.98 Å². The maximum Gasteiger partial charge on any atom is 0.159 e. The van der Waals surface area contributed by atoms with Crippen LogP contribution in [-0.2, 0) is 6.42 Å². The summed E-state index contributed by atoms with van der Waals surface area (Å²) < 4.78 is 0. The van der Waals surface area contributed by atoms with E-state index in [0.29, 0.717) is 6.04 Å². The fourth-order valence-corrected chi connectivity index (χ4v) is 4.47. The lowest BCUT2D eigenvalue weighted by Gasteiger charge is -2.42. The number of piperazine rings is 1. The number of hydrogen-bond acceptors (Lipinski definition) is 5. The van der Waals surface area contributed by atoms with Crippen LogP contribution < -0.4 is 9.80 Å². The number of aryl methyl sites for hydroxylation is 1. The Hall–Kier alpha value is -3.47. The van der Waals surface area contributed by atoms with Gasteiger partial charge >= 0.3 is 0 Å². The molecule has 0 unspecified atom stereocenters. The molecule has 5 rings (SSSR count). The van der Waals surface area contributed by atoms with Gasteiger partial charge < -0.3 is 9.80 Å². The summed E-state index contributed by atoms with van der Waals surface area (Å²) in [5.41, 5.74) is 4.80. The van der Waals surface area contributed by atoms with Gasteiger partial charge in [0, 0.05) is 61.0 Å². The van der Waals surface area contributed by atoms with Crippen molar-refractivity contribution in [3.8, 4) is 0 Å². The van der Waals surface area contributed by atoms with Crippen LogP contribution >= 0.6 is 0 Å². The second kappa shape index (κ2) is 8.34. The van der Waals surface area contributed by atoms with Gasteiger partial charge in [0.05, 0.1) is 5.69 Å². The van der Waals surface area contributed by atoms with Gasteiger partial charge in [-0.15, -0.1) is 5.10 Å².